The van der Waals surface area contributed by atoms with Gasteiger partial charge in [0, 0.05) is 4.83 Å². The van der Waals surface area contributed by atoms with E-state index in [2.05, 4.69) is 35.0 Å². The molecule has 1 aliphatic carbocycles. The van der Waals surface area contributed by atoms with E-state index in [-0.39, 0.29) is 0 Å². The van der Waals surface area contributed by atoms with Crippen LogP contribution >= 0.6 is 15.9 Å². The number of allylic oxidation sites excluding steroid dienone is 2. The van der Waals surface area contributed by atoms with Crippen molar-refractivity contribution in [3.05, 3.63) is 12.2 Å². The molecule has 0 amide bonds. The first kappa shape index (κ1) is 8.32. The molecular weight excluding hydrogens is 188 g/mol. The molecule has 58 valence electrons. The molecule has 0 N–H and O–H groups in total. The molecule has 1 fully saturated rings. The van der Waals surface area contributed by atoms with Crippen molar-refractivity contribution in [1.82, 2.24) is 0 Å². The molecule has 0 heterocycles. The maximum absolute atomic E-state index is 3.64. The van der Waals surface area contributed by atoms with Crippen LogP contribution in [0.2, 0.25) is 0 Å². The fourth-order valence-electron chi connectivity index (χ4n) is 1.54. The van der Waals surface area contributed by atoms with Gasteiger partial charge in [-0.2, -0.15) is 0 Å². The van der Waals surface area contributed by atoms with E-state index in [1.807, 2.05) is 0 Å². The highest BCUT2D eigenvalue weighted by Gasteiger charge is 2.16. The molecule has 0 aromatic rings. The summed E-state index contributed by atoms with van der Waals surface area (Å²) in [5, 5.41) is 0. The van der Waals surface area contributed by atoms with Crippen molar-refractivity contribution < 1.29 is 0 Å². The normalized spacial score (nSPS) is 35.0. The van der Waals surface area contributed by atoms with Crippen LogP contribution in [-0.2, 0) is 0 Å². The van der Waals surface area contributed by atoms with Crippen LogP contribution in [0.1, 0.15) is 32.6 Å². The minimum atomic E-state index is 0.800. The highest BCUT2D eigenvalue weighted by atomic mass is 79.9. The highest BCUT2D eigenvalue weighted by molar-refractivity contribution is 9.09. The molecule has 0 nitrogen and oxygen atoms in total. The predicted molar refractivity (Wildman–Crippen MR) is 49.5 cm³/mol. The summed E-state index contributed by atoms with van der Waals surface area (Å²) in [5.41, 5.74) is 0. The molecule has 0 spiro atoms. The zero-order valence-corrected chi connectivity index (χ0v) is 8.10. The first-order valence-electron chi connectivity index (χ1n) is 4.10. The second-order valence-corrected chi connectivity index (χ2v) is 4.33. The van der Waals surface area contributed by atoms with Gasteiger partial charge in [0.05, 0.1) is 0 Å². The van der Waals surface area contributed by atoms with E-state index in [0.717, 1.165) is 10.7 Å². The summed E-state index contributed by atoms with van der Waals surface area (Å²) in [7, 11) is 0. The fraction of sp³-hybridized carbons (Fsp3) is 0.778. The van der Waals surface area contributed by atoms with Crippen molar-refractivity contribution in [1.29, 1.82) is 0 Å². The molecule has 0 aromatic carbocycles. The Labute approximate surface area is 71.8 Å². The first-order valence-corrected chi connectivity index (χ1v) is 5.01. The van der Waals surface area contributed by atoms with Crippen LogP contribution in [0.25, 0.3) is 0 Å². The van der Waals surface area contributed by atoms with Crippen LogP contribution in [-0.4, -0.2) is 4.83 Å². The van der Waals surface area contributed by atoms with Crippen molar-refractivity contribution in [2.75, 3.05) is 0 Å². The third-order valence-corrected chi connectivity index (χ3v) is 3.08. The van der Waals surface area contributed by atoms with E-state index in [4.69, 9.17) is 0 Å². The maximum atomic E-state index is 3.64. The minimum absolute atomic E-state index is 0.800. The fourth-order valence-corrected chi connectivity index (χ4v) is 2.07. The summed E-state index contributed by atoms with van der Waals surface area (Å²) >= 11 is 3.64. The molecule has 1 heteroatoms. The lowest BCUT2D eigenvalue weighted by Crippen LogP contribution is -2.11. The van der Waals surface area contributed by atoms with Crippen LogP contribution in [0.3, 0.4) is 0 Å². The van der Waals surface area contributed by atoms with Crippen LogP contribution < -0.4 is 0 Å². The predicted octanol–water partition coefficient (Wildman–Crippen LogP) is 3.52. The summed E-state index contributed by atoms with van der Waals surface area (Å²) in [5.74, 6) is 0.874. The van der Waals surface area contributed by atoms with E-state index in [1.54, 1.807) is 0 Å². The van der Waals surface area contributed by atoms with Crippen molar-refractivity contribution in [3.63, 3.8) is 0 Å². The Balaban J connectivity index is 2.26. The smallest absolute Gasteiger partial charge is 0.0146 e. The number of hydrogen-bond donors (Lipinski definition) is 0. The summed E-state index contributed by atoms with van der Waals surface area (Å²) < 4.78 is 0. The molecule has 1 aliphatic rings. The minimum Gasteiger partial charge on any atom is -0.0914 e. The Morgan fingerprint density at radius 3 is 2.30 bits per heavy atom. The lowest BCUT2D eigenvalue weighted by Gasteiger charge is -2.22. The van der Waals surface area contributed by atoms with Gasteiger partial charge in [-0.1, -0.05) is 28.1 Å². The van der Waals surface area contributed by atoms with Gasteiger partial charge in [-0.3, -0.25) is 0 Å². The number of rotatable bonds is 1. The molecule has 1 saturated carbocycles. The van der Waals surface area contributed by atoms with Crippen molar-refractivity contribution in [2.24, 2.45) is 5.92 Å². The standard InChI is InChI=1S/C9H15Br/c1-2-3-8-4-6-9(10)7-5-8/h2-3,8-9H,4-7H2,1H3/b3-2+. The topological polar surface area (TPSA) is 0 Å². The second-order valence-electron chi connectivity index (χ2n) is 3.04. The molecular formula is C9H15Br. The molecule has 0 saturated heterocycles. The Hall–Kier alpha value is 0.220. The van der Waals surface area contributed by atoms with Gasteiger partial charge < -0.3 is 0 Å². The van der Waals surface area contributed by atoms with E-state index < -0.39 is 0 Å². The van der Waals surface area contributed by atoms with E-state index in [9.17, 15) is 0 Å². The van der Waals surface area contributed by atoms with Crippen LogP contribution in [0.5, 0.6) is 0 Å². The molecule has 0 aromatic heterocycles. The third kappa shape index (κ3) is 2.45. The highest BCUT2D eigenvalue weighted by Crippen LogP contribution is 2.29. The molecule has 0 atom stereocenters. The summed E-state index contributed by atoms with van der Waals surface area (Å²) in [6.07, 6.45) is 9.99. The van der Waals surface area contributed by atoms with Crippen LogP contribution in [0.4, 0.5) is 0 Å². The van der Waals surface area contributed by atoms with E-state index in [1.165, 1.54) is 25.7 Å². The van der Waals surface area contributed by atoms with Crippen LogP contribution in [0, 0.1) is 5.92 Å². The largest absolute Gasteiger partial charge is 0.0914 e. The average molecular weight is 203 g/mol. The molecule has 0 unspecified atom stereocenters. The molecule has 0 aliphatic heterocycles. The van der Waals surface area contributed by atoms with Crippen LogP contribution in [0.15, 0.2) is 12.2 Å². The van der Waals surface area contributed by atoms with Gasteiger partial charge in [-0.15, -0.1) is 0 Å². The summed E-state index contributed by atoms with van der Waals surface area (Å²) in [6, 6.07) is 0. The Morgan fingerprint density at radius 2 is 1.80 bits per heavy atom. The third-order valence-electron chi connectivity index (χ3n) is 2.17. The Morgan fingerprint density at radius 1 is 1.20 bits per heavy atom. The first-order chi connectivity index (χ1) is 4.83. The number of hydrogen-bond acceptors (Lipinski definition) is 0. The monoisotopic (exact) mass is 202 g/mol. The SMILES string of the molecule is C/C=C/C1CCC(Br)CC1. The lowest BCUT2D eigenvalue weighted by atomic mass is 9.89. The van der Waals surface area contributed by atoms with Gasteiger partial charge in [0.2, 0.25) is 0 Å². The van der Waals surface area contributed by atoms with E-state index >= 15 is 0 Å². The number of alkyl halides is 1. The van der Waals surface area contributed by atoms with Gasteiger partial charge in [-0.05, 0) is 38.5 Å². The molecule has 1 rings (SSSR count). The summed E-state index contributed by atoms with van der Waals surface area (Å²) in [6.45, 7) is 2.11. The molecule has 0 radical (unpaired) electrons. The van der Waals surface area contributed by atoms with Gasteiger partial charge in [0.1, 0.15) is 0 Å². The lowest BCUT2D eigenvalue weighted by molar-refractivity contribution is 0.432. The van der Waals surface area contributed by atoms with Gasteiger partial charge in [-0.25, -0.2) is 0 Å². The van der Waals surface area contributed by atoms with Gasteiger partial charge in [0.25, 0.3) is 0 Å². The van der Waals surface area contributed by atoms with Crippen molar-refractivity contribution in [2.45, 2.75) is 37.4 Å². The molecule has 10 heavy (non-hydrogen) atoms. The Kier molecular flexibility index (Phi) is 3.47. The zero-order valence-electron chi connectivity index (χ0n) is 6.52. The maximum Gasteiger partial charge on any atom is 0.0146 e. The zero-order chi connectivity index (χ0) is 7.40. The van der Waals surface area contributed by atoms with Crippen molar-refractivity contribution >= 4 is 15.9 Å². The Bertz CT molecular complexity index is 110. The van der Waals surface area contributed by atoms with Gasteiger partial charge >= 0.3 is 0 Å². The van der Waals surface area contributed by atoms with Gasteiger partial charge in [0.15, 0.2) is 0 Å². The molecule has 0 bridgehead atoms. The average Bonchev–Trinajstić information content (AvgIpc) is 1.95. The van der Waals surface area contributed by atoms with E-state index in [0.29, 0.717) is 0 Å². The quantitative estimate of drug-likeness (QED) is 0.451. The number of halogens is 1. The summed E-state index contributed by atoms with van der Waals surface area (Å²) in [4.78, 5) is 0.800. The second kappa shape index (κ2) is 4.17. The van der Waals surface area contributed by atoms with Crippen molar-refractivity contribution in [3.8, 4) is 0 Å².